The van der Waals surface area contributed by atoms with Crippen molar-refractivity contribution in [3.63, 3.8) is 0 Å². The van der Waals surface area contributed by atoms with Crippen LogP contribution in [-0.4, -0.2) is 22.8 Å². The Kier molecular flexibility index (Phi) is 5.73. The summed E-state index contributed by atoms with van der Waals surface area (Å²) < 4.78 is 0. The van der Waals surface area contributed by atoms with Crippen molar-refractivity contribution in [1.29, 1.82) is 0 Å². The molecule has 0 spiro atoms. The van der Waals surface area contributed by atoms with Crippen LogP contribution in [0.5, 0.6) is 0 Å². The Morgan fingerprint density at radius 3 is 2.73 bits per heavy atom. The maximum Gasteiger partial charge on any atom is 0.0627 e. The van der Waals surface area contributed by atoms with Crippen molar-refractivity contribution in [3.05, 3.63) is 0 Å². The molecule has 1 nitrogen and oxygen atoms in total. The summed E-state index contributed by atoms with van der Waals surface area (Å²) in [5, 5.41) is 0.815. The van der Waals surface area contributed by atoms with Gasteiger partial charge in [0, 0.05) is 16.7 Å². The summed E-state index contributed by atoms with van der Waals surface area (Å²) in [6.45, 7) is 9.03. The van der Waals surface area contributed by atoms with Crippen molar-refractivity contribution in [2.45, 2.75) is 64.7 Å². The summed E-state index contributed by atoms with van der Waals surface area (Å²) in [5.41, 5.74) is 1.33. The highest BCUT2D eigenvalue weighted by Gasteiger charge is 2.32. The zero-order chi connectivity index (χ0) is 11.3. The van der Waals surface area contributed by atoms with Gasteiger partial charge in [0.25, 0.3) is 0 Å². The lowest BCUT2D eigenvalue weighted by Crippen LogP contribution is -2.21. The van der Waals surface area contributed by atoms with Crippen molar-refractivity contribution in [2.75, 3.05) is 5.75 Å². The molecule has 15 heavy (non-hydrogen) atoms. The molecule has 0 amide bonds. The zero-order valence-electron chi connectivity index (χ0n) is 10.6. The van der Waals surface area contributed by atoms with Gasteiger partial charge in [0.15, 0.2) is 0 Å². The van der Waals surface area contributed by atoms with Crippen LogP contribution < -0.4 is 0 Å². The summed E-state index contributed by atoms with van der Waals surface area (Å²) in [5.74, 6) is 2.07. The second-order valence-corrected chi connectivity index (χ2v) is 6.04. The molecule has 0 N–H and O–H groups in total. The molecule has 2 heteroatoms. The van der Waals surface area contributed by atoms with Gasteiger partial charge in [0.1, 0.15) is 0 Å². The van der Waals surface area contributed by atoms with E-state index in [1.807, 2.05) is 0 Å². The van der Waals surface area contributed by atoms with Crippen molar-refractivity contribution in [1.82, 2.24) is 0 Å². The van der Waals surface area contributed by atoms with E-state index in [0.717, 1.165) is 17.6 Å². The van der Waals surface area contributed by atoms with Crippen LogP contribution in [-0.2, 0) is 0 Å². The average molecular weight is 227 g/mol. The highest BCUT2D eigenvalue weighted by Crippen LogP contribution is 2.37. The van der Waals surface area contributed by atoms with Gasteiger partial charge in [-0.1, -0.05) is 33.6 Å². The van der Waals surface area contributed by atoms with Crippen LogP contribution in [0.25, 0.3) is 0 Å². The van der Waals surface area contributed by atoms with Gasteiger partial charge >= 0.3 is 0 Å². The van der Waals surface area contributed by atoms with Crippen LogP contribution in [0, 0.1) is 5.92 Å². The summed E-state index contributed by atoms with van der Waals surface area (Å²) in [6, 6.07) is 0.608. The second kappa shape index (κ2) is 6.57. The Labute approximate surface area is 99.1 Å². The largest absolute Gasteiger partial charge is 0.290 e. The molecule has 0 radical (unpaired) electrons. The molecule has 1 rings (SSSR count). The van der Waals surface area contributed by atoms with E-state index in [1.165, 1.54) is 30.7 Å². The molecule has 1 heterocycles. The van der Waals surface area contributed by atoms with Gasteiger partial charge < -0.3 is 0 Å². The van der Waals surface area contributed by atoms with E-state index >= 15 is 0 Å². The van der Waals surface area contributed by atoms with Gasteiger partial charge in [-0.15, -0.1) is 0 Å². The molecular formula is C13H25NS. The fraction of sp³-hybridized carbons (Fsp3) is 0.923. The minimum Gasteiger partial charge on any atom is -0.290 e. The quantitative estimate of drug-likeness (QED) is 0.642. The van der Waals surface area contributed by atoms with E-state index < -0.39 is 0 Å². The molecule has 0 bridgehead atoms. The first-order chi connectivity index (χ1) is 7.19. The van der Waals surface area contributed by atoms with E-state index in [0.29, 0.717) is 6.04 Å². The minimum absolute atomic E-state index is 0.608. The van der Waals surface area contributed by atoms with E-state index in [9.17, 15) is 0 Å². The van der Waals surface area contributed by atoms with Gasteiger partial charge in [0.2, 0.25) is 0 Å². The van der Waals surface area contributed by atoms with Gasteiger partial charge in [-0.2, -0.15) is 11.8 Å². The molecule has 1 aliphatic rings. The number of unbranched alkanes of at least 4 members (excludes halogenated alkanes) is 1. The first-order valence-corrected chi connectivity index (χ1v) is 7.38. The zero-order valence-corrected chi connectivity index (χ0v) is 11.4. The molecule has 3 unspecified atom stereocenters. The highest BCUT2D eigenvalue weighted by molar-refractivity contribution is 8.00. The van der Waals surface area contributed by atoms with E-state index in [2.05, 4.69) is 39.5 Å². The SMILES string of the molecule is CCCCC1C(N=C(C)CC)CSC1C. The molecule has 1 aliphatic heterocycles. The van der Waals surface area contributed by atoms with Crippen LogP contribution in [0.1, 0.15) is 53.4 Å². The predicted octanol–water partition coefficient (Wildman–Crippen LogP) is 4.17. The van der Waals surface area contributed by atoms with Crippen LogP contribution >= 0.6 is 11.8 Å². The number of hydrogen-bond donors (Lipinski definition) is 0. The van der Waals surface area contributed by atoms with Gasteiger partial charge in [-0.05, 0) is 25.7 Å². The first kappa shape index (κ1) is 13.1. The van der Waals surface area contributed by atoms with E-state index in [-0.39, 0.29) is 0 Å². The number of thioether (sulfide) groups is 1. The summed E-state index contributed by atoms with van der Waals surface area (Å²) in [4.78, 5) is 4.88. The fourth-order valence-corrected chi connectivity index (χ4v) is 3.57. The van der Waals surface area contributed by atoms with Crippen LogP contribution in [0.4, 0.5) is 0 Å². The van der Waals surface area contributed by atoms with Crippen LogP contribution in [0.15, 0.2) is 4.99 Å². The van der Waals surface area contributed by atoms with Crippen molar-refractivity contribution < 1.29 is 0 Å². The predicted molar refractivity (Wildman–Crippen MR) is 72.1 cm³/mol. The maximum absolute atomic E-state index is 4.88. The number of nitrogens with zero attached hydrogens (tertiary/aromatic N) is 1. The standard InChI is InChI=1S/C13H25NS/c1-5-7-8-12-11(4)15-9-13(12)14-10(3)6-2/h11-13H,5-9H2,1-4H3. The number of rotatable bonds is 5. The van der Waals surface area contributed by atoms with Crippen molar-refractivity contribution in [3.8, 4) is 0 Å². The summed E-state index contributed by atoms with van der Waals surface area (Å²) in [7, 11) is 0. The normalized spacial score (nSPS) is 32.3. The fourth-order valence-electron chi connectivity index (χ4n) is 2.18. The molecule has 0 aromatic carbocycles. The van der Waals surface area contributed by atoms with Crippen LogP contribution in [0.2, 0.25) is 0 Å². The Balaban J connectivity index is 2.55. The molecule has 88 valence electrons. The van der Waals surface area contributed by atoms with Crippen molar-refractivity contribution >= 4 is 17.5 Å². The Bertz CT molecular complexity index is 213. The highest BCUT2D eigenvalue weighted by atomic mass is 32.2. The molecule has 0 aromatic rings. The third kappa shape index (κ3) is 3.82. The smallest absolute Gasteiger partial charge is 0.0627 e. The molecule has 1 saturated heterocycles. The number of hydrogen-bond acceptors (Lipinski definition) is 2. The monoisotopic (exact) mass is 227 g/mol. The van der Waals surface area contributed by atoms with E-state index in [1.54, 1.807) is 0 Å². The topological polar surface area (TPSA) is 12.4 Å². The average Bonchev–Trinajstić information content (AvgIpc) is 2.57. The molecule has 1 fully saturated rings. The number of aliphatic imine (C=N–C) groups is 1. The van der Waals surface area contributed by atoms with Crippen molar-refractivity contribution in [2.24, 2.45) is 10.9 Å². The minimum atomic E-state index is 0.608. The first-order valence-electron chi connectivity index (χ1n) is 6.33. The molecule has 3 atom stereocenters. The molecule has 0 saturated carbocycles. The molecule has 0 aliphatic carbocycles. The Hall–Kier alpha value is 0.0200. The molecule has 0 aromatic heterocycles. The Morgan fingerprint density at radius 2 is 2.13 bits per heavy atom. The Morgan fingerprint density at radius 1 is 1.40 bits per heavy atom. The van der Waals surface area contributed by atoms with Crippen LogP contribution in [0.3, 0.4) is 0 Å². The lowest BCUT2D eigenvalue weighted by molar-refractivity contribution is 0.421. The van der Waals surface area contributed by atoms with E-state index in [4.69, 9.17) is 4.99 Å². The van der Waals surface area contributed by atoms with Gasteiger partial charge in [0.05, 0.1) is 6.04 Å². The third-order valence-corrected chi connectivity index (χ3v) is 4.83. The van der Waals surface area contributed by atoms with Gasteiger partial charge in [-0.3, -0.25) is 4.99 Å². The third-order valence-electron chi connectivity index (χ3n) is 3.42. The second-order valence-electron chi connectivity index (χ2n) is 4.63. The maximum atomic E-state index is 4.88. The summed E-state index contributed by atoms with van der Waals surface area (Å²) >= 11 is 2.11. The summed E-state index contributed by atoms with van der Waals surface area (Å²) in [6.07, 6.45) is 5.16. The van der Waals surface area contributed by atoms with Gasteiger partial charge in [-0.25, -0.2) is 0 Å². The lowest BCUT2D eigenvalue weighted by Gasteiger charge is -2.19. The lowest BCUT2D eigenvalue weighted by atomic mass is 9.92. The molecular weight excluding hydrogens is 202 g/mol.